The third kappa shape index (κ3) is 4.90. The standard InChI is InChI=1S/C14H26N2O4/c1-10-8-15(11(17)19-13(2,3)4)16(9-10)12(18)20-14(5,6)7/h10H,8-9H2,1-7H3. The quantitative estimate of drug-likeness (QED) is 0.687. The molecule has 6 nitrogen and oxygen atoms in total. The molecule has 1 heterocycles. The fourth-order valence-electron chi connectivity index (χ4n) is 1.82. The number of carbonyl (C=O) groups excluding carboxylic acids is 2. The van der Waals surface area contributed by atoms with Crippen LogP contribution in [0.2, 0.25) is 0 Å². The molecule has 0 radical (unpaired) electrons. The molecule has 2 amide bonds. The average molecular weight is 286 g/mol. The van der Waals surface area contributed by atoms with E-state index < -0.39 is 23.4 Å². The van der Waals surface area contributed by atoms with E-state index in [4.69, 9.17) is 9.47 Å². The van der Waals surface area contributed by atoms with Crippen molar-refractivity contribution in [2.24, 2.45) is 5.92 Å². The van der Waals surface area contributed by atoms with E-state index in [0.717, 1.165) is 0 Å². The lowest BCUT2D eigenvalue weighted by Crippen LogP contribution is -2.48. The van der Waals surface area contributed by atoms with E-state index in [9.17, 15) is 9.59 Å². The average Bonchev–Trinajstić information content (AvgIpc) is 2.55. The van der Waals surface area contributed by atoms with Crippen molar-refractivity contribution >= 4 is 12.2 Å². The Balaban J connectivity index is 2.78. The van der Waals surface area contributed by atoms with E-state index in [1.165, 1.54) is 10.0 Å². The highest BCUT2D eigenvalue weighted by molar-refractivity contribution is 5.75. The normalized spacial score (nSPS) is 17.4. The van der Waals surface area contributed by atoms with Gasteiger partial charge >= 0.3 is 12.2 Å². The van der Waals surface area contributed by atoms with Gasteiger partial charge in [-0.1, -0.05) is 6.92 Å². The molecule has 1 rings (SSSR count). The molecule has 20 heavy (non-hydrogen) atoms. The Morgan fingerprint density at radius 2 is 1.15 bits per heavy atom. The van der Waals surface area contributed by atoms with Crippen LogP contribution in [0.5, 0.6) is 0 Å². The molecular weight excluding hydrogens is 260 g/mol. The van der Waals surface area contributed by atoms with Gasteiger partial charge in [-0.3, -0.25) is 0 Å². The third-order valence-electron chi connectivity index (χ3n) is 2.47. The number of hydrogen-bond acceptors (Lipinski definition) is 4. The molecule has 0 aromatic rings. The summed E-state index contributed by atoms with van der Waals surface area (Å²) in [6, 6.07) is 0. The topological polar surface area (TPSA) is 59.1 Å². The zero-order valence-corrected chi connectivity index (χ0v) is 13.5. The van der Waals surface area contributed by atoms with Crippen LogP contribution in [0.4, 0.5) is 9.59 Å². The van der Waals surface area contributed by atoms with E-state index >= 15 is 0 Å². The van der Waals surface area contributed by atoms with Crippen molar-refractivity contribution in [3.05, 3.63) is 0 Å². The summed E-state index contributed by atoms with van der Waals surface area (Å²) in [6.07, 6.45) is -1.04. The third-order valence-corrected chi connectivity index (χ3v) is 2.47. The number of ether oxygens (including phenoxy) is 2. The van der Waals surface area contributed by atoms with Gasteiger partial charge in [0, 0.05) is 0 Å². The minimum absolute atomic E-state index is 0.190. The molecule has 1 saturated heterocycles. The molecule has 0 aromatic carbocycles. The zero-order chi connectivity index (χ0) is 15.7. The molecule has 0 unspecified atom stereocenters. The maximum Gasteiger partial charge on any atom is 0.429 e. The molecule has 1 aliphatic heterocycles. The van der Waals surface area contributed by atoms with Crippen molar-refractivity contribution in [2.45, 2.75) is 59.7 Å². The fraction of sp³-hybridized carbons (Fsp3) is 0.857. The van der Waals surface area contributed by atoms with Crippen LogP contribution in [-0.2, 0) is 9.47 Å². The van der Waals surface area contributed by atoms with Gasteiger partial charge in [0.15, 0.2) is 0 Å². The second-order valence-corrected chi connectivity index (χ2v) is 7.23. The Hall–Kier alpha value is -1.46. The number of hydrogen-bond donors (Lipinski definition) is 0. The van der Waals surface area contributed by atoms with Gasteiger partial charge in [0.1, 0.15) is 11.2 Å². The summed E-state index contributed by atoms with van der Waals surface area (Å²) in [6.45, 7) is 13.6. The maximum absolute atomic E-state index is 12.1. The van der Waals surface area contributed by atoms with Crippen LogP contribution < -0.4 is 0 Å². The number of nitrogens with zero attached hydrogens (tertiary/aromatic N) is 2. The Morgan fingerprint density at radius 3 is 1.40 bits per heavy atom. The second-order valence-electron chi connectivity index (χ2n) is 7.23. The van der Waals surface area contributed by atoms with Crippen molar-refractivity contribution in [3.8, 4) is 0 Å². The van der Waals surface area contributed by atoms with Crippen LogP contribution in [0.25, 0.3) is 0 Å². The molecule has 6 heteroatoms. The molecule has 0 spiro atoms. The Labute approximate surface area is 121 Å². The van der Waals surface area contributed by atoms with E-state index in [1.54, 1.807) is 41.5 Å². The van der Waals surface area contributed by atoms with E-state index in [1.807, 2.05) is 6.92 Å². The van der Waals surface area contributed by atoms with E-state index in [2.05, 4.69) is 0 Å². The molecular formula is C14H26N2O4. The summed E-state index contributed by atoms with van der Waals surface area (Å²) < 4.78 is 10.6. The summed E-state index contributed by atoms with van der Waals surface area (Å²) in [7, 11) is 0. The lowest BCUT2D eigenvalue weighted by Gasteiger charge is -2.31. The Kier molecular flexibility index (Phi) is 4.56. The summed E-state index contributed by atoms with van der Waals surface area (Å²) in [4.78, 5) is 24.3. The highest BCUT2D eigenvalue weighted by Gasteiger charge is 2.39. The van der Waals surface area contributed by atoms with Gasteiger partial charge < -0.3 is 9.47 Å². The summed E-state index contributed by atoms with van der Waals surface area (Å²) >= 11 is 0. The SMILES string of the molecule is CC1CN(C(=O)OC(C)(C)C)N(C(=O)OC(C)(C)C)C1. The molecule has 1 fully saturated rings. The summed E-state index contributed by atoms with van der Waals surface area (Å²) in [5.41, 5.74) is -1.19. The second kappa shape index (κ2) is 5.50. The van der Waals surface area contributed by atoms with Crippen molar-refractivity contribution in [3.63, 3.8) is 0 Å². The van der Waals surface area contributed by atoms with Crippen LogP contribution in [-0.4, -0.2) is 46.5 Å². The van der Waals surface area contributed by atoms with Crippen LogP contribution in [0.15, 0.2) is 0 Å². The number of hydrazine groups is 1. The first-order chi connectivity index (χ1) is 8.89. The van der Waals surface area contributed by atoms with Crippen LogP contribution >= 0.6 is 0 Å². The first kappa shape index (κ1) is 16.6. The molecule has 0 N–H and O–H groups in total. The molecule has 0 atom stereocenters. The van der Waals surface area contributed by atoms with Gasteiger partial charge in [-0.05, 0) is 47.5 Å². The van der Waals surface area contributed by atoms with Crippen molar-refractivity contribution in [1.29, 1.82) is 0 Å². The van der Waals surface area contributed by atoms with E-state index in [0.29, 0.717) is 13.1 Å². The van der Waals surface area contributed by atoms with Gasteiger partial charge in [-0.15, -0.1) is 0 Å². The van der Waals surface area contributed by atoms with Gasteiger partial charge in [0.25, 0.3) is 0 Å². The number of amides is 2. The largest absolute Gasteiger partial charge is 0.442 e. The van der Waals surface area contributed by atoms with Crippen LogP contribution in [0.1, 0.15) is 48.5 Å². The fourth-order valence-corrected chi connectivity index (χ4v) is 1.82. The van der Waals surface area contributed by atoms with Gasteiger partial charge in [0.2, 0.25) is 0 Å². The highest BCUT2D eigenvalue weighted by Crippen LogP contribution is 2.22. The Bertz CT molecular complexity index is 346. The Morgan fingerprint density at radius 1 is 0.850 bits per heavy atom. The molecule has 116 valence electrons. The highest BCUT2D eigenvalue weighted by atomic mass is 16.6. The monoisotopic (exact) mass is 286 g/mol. The van der Waals surface area contributed by atoms with Gasteiger partial charge in [-0.25, -0.2) is 19.6 Å². The van der Waals surface area contributed by atoms with Crippen molar-refractivity contribution < 1.29 is 19.1 Å². The van der Waals surface area contributed by atoms with Gasteiger partial charge in [0.05, 0.1) is 13.1 Å². The maximum atomic E-state index is 12.1. The number of carbonyl (C=O) groups is 2. The zero-order valence-electron chi connectivity index (χ0n) is 13.5. The molecule has 0 saturated carbocycles. The minimum atomic E-state index is -0.595. The van der Waals surface area contributed by atoms with Crippen molar-refractivity contribution in [2.75, 3.05) is 13.1 Å². The molecule has 0 aliphatic carbocycles. The van der Waals surface area contributed by atoms with Crippen LogP contribution in [0.3, 0.4) is 0 Å². The van der Waals surface area contributed by atoms with Crippen LogP contribution in [0, 0.1) is 5.92 Å². The predicted octanol–water partition coefficient (Wildman–Crippen LogP) is 3.03. The molecule has 0 aromatic heterocycles. The lowest BCUT2D eigenvalue weighted by atomic mass is 10.2. The first-order valence-corrected chi connectivity index (χ1v) is 6.90. The predicted molar refractivity (Wildman–Crippen MR) is 75.0 cm³/mol. The molecule has 1 aliphatic rings. The lowest BCUT2D eigenvalue weighted by molar-refractivity contribution is -0.0428. The van der Waals surface area contributed by atoms with Crippen molar-refractivity contribution in [1.82, 2.24) is 10.0 Å². The summed E-state index contributed by atoms with van der Waals surface area (Å²) in [5, 5.41) is 2.65. The summed E-state index contributed by atoms with van der Waals surface area (Å²) in [5.74, 6) is 0.190. The molecule has 0 bridgehead atoms. The smallest absolute Gasteiger partial charge is 0.429 e. The minimum Gasteiger partial charge on any atom is -0.442 e. The number of rotatable bonds is 0. The van der Waals surface area contributed by atoms with Gasteiger partial charge in [-0.2, -0.15) is 0 Å². The first-order valence-electron chi connectivity index (χ1n) is 6.90. The van der Waals surface area contributed by atoms with E-state index in [-0.39, 0.29) is 5.92 Å².